The summed E-state index contributed by atoms with van der Waals surface area (Å²) in [6.07, 6.45) is -0.485. The number of carbonyl (C=O) groups is 1. The smallest absolute Gasteiger partial charge is 0.410 e. The Bertz CT molecular complexity index is 762. The topological polar surface area (TPSA) is 72.7 Å². The molecular formula is C19H24N2O4. The van der Waals surface area contributed by atoms with Crippen LogP contribution in [-0.4, -0.2) is 41.7 Å². The zero-order valence-corrected chi connectivity index (χ0v) is 15.1. The molecule has 0 aliphatic rings. The summed E-state index contributed by atoms with van der Waals surface area (Å²) >= 11 is 0. The molecule has 0 N–H and O–H groups in total. The van der Waals surface area contributed by atoms with Crippen LogP contribution in [0.5, 0.6) is 0 Å². The normalized spacial score (nSPS) is 12.6. The van der Waals surface area contributed by atoms with E-state index >= 15 is 0 Å². The molecule has 0 radical (unpaired) electrons. The summed E-state index contributed by atoms with van der Waals surface area (Å²) in [7, 11) is 1.60. The fourth-order valence-electron chi connectivity index (χ4n) is 2.79. The number of rotatable bonds is 5. The lowest BCUT2D eigenvalue weighted by Crippen LogP contribution is -2.37. The highest BCUT2D eigenvalue weighted by atomic mass is 16.6. The zero-order chi connectivity index (χ0) is 18.6. The van der Waals surface area contributed by atoms with Crippen LogP contribution in [0.25, 0.3) is 10.8 Å². The van der Waals surface area contributed by atoms with E-state index in [1.54, 1.807) is 27.8 Å². The Morgan fingerprint density at radius 1 is 1.20 bits per heavy atom. The van der Waals surface area contributed by atoms with Crippen molar-refractivity contribution in [1.29, 1.82) is 0 Å². The van der Waals surface area contributed by atoms with Crippen molar-refractivity contribution in [2.75, 3.05) is 20.1 Å². The number of likely N-dealkylation sites (N-methyl/N-ethyl adjacent to an activating group) is 1. The van der Waals surface area contributed by atoms with Crippen LogP contribution < -0.4 is 0 Å². The Morgan fingerprint density at radius 2 is 1.84 bits per heavy atom. The lowest BCUT2D eigenvalue weighted by Gasteiger charge is -2.27. The van der Waals surface area contributed by atoms with Gasteiger partial charge in [-0.2, -0.15) is 0 Å². The van der Waals surface area contributed by atoms with Gasteiger partial charge >= 0.3 is 6.09 Å². The second-order valence-electron chi connectivity index (χ2n) is 7.14. The molecule has 0 bridgehead atoms. The standard InChI is InChI=1S/C19H24N2O4/c1-19(2,3)25-18(22)20(4)12-15(13-21(23)24)17-11-7-9-14-8-5-6-10-16(14)17/h5-11,15H,12-13H2,1-4H3. The number of fused-ring (bicyclic) bond motifs is 1. The molecule has 2 rings (SSSR count). The molecule has 0 saturated heterocycles. The third kappa shape index (κ3) is 5.17. The van der Waals surface area contributed by atoms with Crippen molar-refractivity contribution >= 4 is 16.9 Å². The van der Waals surface area contributed by atoms with E-state index in [0.29, 0.717) is 0 Å². The van der Waals surface area contributed by atoms with Gasteiger partial charge in [-0.15, -0.1) is 0 Å². The minimum absolute atomic E-state index is 0.212. The van der Waals surface area contributed by atoms with Crippen molar-refractivity contribution < 1.29 is 14.5 Å². The highest BCUT2D eigenvalue weighted by Gasteiger charge is 2.26. The zero-order valence-electron chi connectivity index (χ0n) is 15.1. The van der Waals surface area contributed by atoms with Crippen LogP contribution in [0.15, 0.2) is 42.5 Å². The summed E-state index contributed by atoms with van der Waals surface area (Å²) in [5.41, 5.74) is 0.258. The first kappa shape index (κ1) is 18.7. The van der Waals surface area contributed by atoms with Crippen molar-refractivity contribution in [3.8, 4) is 0 Å². The summed E-state index contributed by atoms with van der Waals surface area (Å²) in [5.74, 6) is -0.418. The van der Waals surface area contributed by atoms with E-state index < -0.39 is 17.6 Å². The van der Waals surface area contributed by atoms with E-state index in [2.05, 4.69) is 0 Å². The number of hydrogen-bond donors (Lipinski definition) is 0. The van der Waals surface area contributed by atoms with Gasteiger partial charge in [-0.05, 0) is 37.1 Å². The maximum absolute atomic E-state index is 12.2. The van der Waals surface area contributed by atoms with Crippen molar-refractivity contribution in [3.63, 3.8) is 0 Å². The largest absolute Gasteiger partial charge is 0.444 e. The summed E-state index contributed by atoms with van der Waals surface area (Å²) in [6, 6.07) is 13.5. The molecule has 0 saturated carbocycles. The maximum Gasteiger partial charge on any atom is 0.410 e. The fraction of sp³-hybridized carbons (Fsp3) is 0.421. The van der Waals surface area contributed by atoms with E-state index in [9.17, 15) is 14.9 Å². The molecule has 6 nitrogen and oxygen atoms in total. The molecule has 0 spiro atoms. The number of hydrogen-bond acceptors (Lipinski definition) is 4. The molecule has 1 amide bonds. The molecule has 0 heterocycles. The molecule has 0 fully saturated rings. The summed E-state index contributed by atoms with van der Waals surface area (Å²) < 4.78 is 5.35. The Kier molecular flexibility index (Phi) is 5.62. The molecule has 2 aromatic carbocycles. The van der Waals surface area contributed by atoms with Gasteiger partial charge in [-0.3, -0.25) is 10.1 Å². The highest BCUT2D eigenvalue weighted by molar-refractivity contribution is 5.86. The maximum atomic E-state index is 12.2. The van der Waals surface area contributed by atoms with Crippen LogP contribution >= 0.6 is 0 Å². The van der Waals surface area contributed by atoms with Crippen LogP contribution in [0, 0.1) is 10.1 Å². The predicted octanol–water partition coefficient (Wildman–Crippen LogP) is 4.07. The molecular weight excluding hydrogens is 320 g/mol. The third-order valence-corrected chi connectivity index (χ3v) is 3.83. The van der Waals surface area contributed by atoms with Crippen molar-refractivity contribution in [3.05, 3.63) is 58.1 Å². The van der Waals surface area contributed by atoms with Gasteiger partial charge in [0.1, 0.15) is 5.60 Å². The first-order valence-corrected chi connectivity index (χ1v) is 8.21. The van der Waals surface area contributed by atoms with Crippen LogP contribution in [0.4, 0.5) is 4.79 Å². The van der Waals surface area contributed by atoms with Gasteiger partial charge in [-0.1, -0.05) is 42.5 Å². The highest BCUT2D eigenvalue weighted by Crippen LogP contribution is 2.27. The minimum Gasteiger partial charge on any atom is -0.444 e. The Balaban J connectivity index is 2.30. The molecule has 0 aliphatic carbocycles. The molecule has 6 heteroatoms. The van der Waals surface area contributed by atoms with Gasteiger partial charge in [0, 0.05) is 18.5 Å². The van der Waals surface area contributed by atoms with Crippen LogP contribution in [0.3, 0.4) is 0 Å². The Morgan fingerprint density at radius 3 is 2.48 bits per heavy atom. The van der Waals surface area contributed by atoms with Crippen LogP contribution in [0.1, 0.15) is 32.3 Å². The molecule has 0 aromatic heterocycles. The van der Waals surface area contributed by atoms with Gasteiger partial charge in [0.2, 0.25) is 6.54 Å². The SMILES string of the molecule is CN(CC(C[N+](=O)[O-])c1cccc2ccccc12)C(=O)OC(C)(C)C. The van der Waals surface area contributed by atoms with Crippen LogP contribution in [0.2, 0.25) is 0 Å². The first-order valence-electron chi connectivity index (χ1n) is 8.21. The van der Waals surface area contributed by atoms with Gasteiger partial charge in [0.25, 0.3) is 0 Å². The van der Waals surface area contributed by atoms with Crippen LogP contribution in [-0.2, 0) is 4.74 Å². The summed E-state index contributed by atoms with van der Waals surface area (Å²) in [4.78, 5) is 24.4. The van der Waals surface area contributed by atoms with E-state index in [1.807, 2.05) is 42.5 Å². The number of nitrogens with zero attached hydrogens (tertiary/aromatic N) is 2. The van der Waals surface area contributed by atoms with Crippen molar-refractivity contribution in [2.45, 2.75) is 32.3 Å². The number of nitro groups is 1. The number of amides is 1. The lowest BCUT2D eigenvalue weighted by atomic mass is 9.93. The predicted molar refractivity (Wildman–Crippen MR) is 97.4 cm³/mol. The van der Waals surface area contributed by atoms with E-state index in [0.717, 1.165) is 16.3 Å². The summed E-state index contributed by atoms with van der Waals surface area (Å²) in [6.45, 7) is 5.33. The van der Waals surface area contributed by atoms with Crippen molar-refractivity contribution in [2.24, 2.45) is 0 Å². The Labute approximate surface area is 147 Å². The second-order valence-corrected chi connectivity index (χ2v) is 7.14. The Hall–Kier alpha value is -2.63. The van der Waals surface area contributed by atoms with Gasteiger partial charge in [-0.25, -0.2) is 4.79 Å². The number of carbonyl (C=O) groups excluding carboxylic acids is 1. The van der Waals surface area contributed by atoms with Gasteiger partial charge < -0.3 is 9.64 Å². The molecule has 134 valence electrons. The van der Waals surface area contributed by atoms with E-state index in [1.165, 1.54) is 4.90 Å². The molecule has 2 aromatic rings. The average Bonchev–Trinajstić information content (AvgIpc) is 2.51. The van der Waals surface area contributed by atoms with Gasteiger partial charge in [0.05, 0.1) is 5.92 Å². The number of benzene rings is 2. The average molecular weight is 344 g/mol. The second kappa shape index (κ2) is 7.51. The van der Waals surface area contributed by atoms with E-state index in [4.69, 9.17) is 4.74 Å². The first-order chi connectivity index (χ1) is 11.7. The van der Waals surface area contributed by atoms with Crippen molar-refractivity contribution in [1.82, 2.24) is 4.90 Å². The quantitative estimate of drug-likeness (QED) is 0.605. The lowest BCUT2D eigenvalue weighted by molar-refractivity contribution is -0.483. The fourth-order valence-corrected chi connectivity index (χ4v) is 2.79. The molecule has 1 atom stereocenters. The molecule has 1 unspecified atom stereocenters. The summed E-state index contributed by atoms with van der Waals surface area (Å²) in [5, 5.41) is 13.2. The van der Waals surface area contributed by atoms with E-state index in [-0.39, 0.29) is 18.0 Å². The number of ether oxygens (including phenoxy) is 1. The molecule has 0 aliphatic heterocycles. The third-order valence-electron chi connectivity index (χ3n) is 3.83. The monoisotopic (exact) mass is 344 g/mol. The minimum atomic E-state index is -0.608. The molecule has 25 heavy (non-hydrogen) atoms. The van der Waals surface area contributed by atoms with Gasteiger partial charge in [0.15, 0.2) is 0 Å².